The second kappa shape index (κ2) is 3.61. The van der Waals surface area contributed by atoms with E-state index < -0.39 is 17.4 Å². The zero-order valence-electron chi connectivity index (χ0n) is 8.19. The molecular formula is C8H6F3N5O. The standard InChI is InChI=1S/C8H6F3N5O/c9-8(10,11)5-1-6(17)16(3-13-5)4-2-14-15-7(4)12/h1-3H,(H3,12,14,15). The molecule has 2 rings (SSSR count). The molecule has 0 aliphatic rings. The topological polar surface area (TPSA) is 89.6 Å². The molecule has 0 bridgehead atoms. The zero-order valence-corrected chi connectivity index (χ0v) is 8.19. The van der Waals surface area contributed by atoms with Crippen molar-refractivity contribution in [1.29, 1.82) is 0 Å². The van der Waals surface area contributed by atoms with Crippen LogP contribution in [0, 0.1) is 0 Å². The summed E-state index contributed by atoms with van der Waals surface area (Å²) in [6.45, 7) is 0. The summed E-state index contributed by atoms with van der Waals surface area (Å²) in [7, 11) is 0. The molecule has 6 nitrogen and oxygen atoms in total. The first kappa shape index (κ1) is 11.2. The van der Waals surface area contributed by atoms with E-state index in [0.717, 1.165) is 10.9 Å². The minimum Gasteiger partial charge on any atom is -0.382 e. The van der Waals surface area contributed by atoms with Gasteiger partial charge in [0.1, 0.15) is 17.8 Å². The average Bonchev–Trinajstić information content (AvgIpc) is 2.63. The van der Waals surface area contributed by atoms with Crippen LogP contribution < -0.4 is 11.3 Å². The van der Waals surface area contributed by atoms with Crippen LogP contribution in [0.3, 0.4) is 0 Å². The van der Waals surface area contributed by atoms with Crippen LogP contribution in [0.25, 0.3) is 5.69 Å². The van der Waals surface area contributed by atoms with Gasteiger partial charge in [0.05, 0.1) is 6.20 Å². The summed E-state index contributed by atoms with van der Waals surface area (Å²) in [6, 6.07) is 0.395. The van der Waals surface area contributed by atoms with Gasteiger partial charge in [0.2, 0.25) is 0 Å². The lowest BCUT2D eigenvalue weighted by molar-refractivity contribution is -0.141. The Morgan fingerprint density at radius 1 is 1.41 bits per heavy atom. The number of alkyl halides is 3. The molecule has 0 unspecified atom stereocenters. The predicted octanol–water partition coefficient (Wildman–Crippen LogP) is 0.557. The van der Waals surface area contributed by atoms with Gasteiger partial charge in [-0.1, -0.05) is 0 Å². The molecule has 2 aromatic rings. The highest BCUT2D eigenvalue weighted by Crippen LogP contribution is 2.26. The number of aromatic nitrogens is 4. The SMILES string of the molecule is Nc1[nH]ncc1-n1cnc(C(F)(F)F)cc1=O. The van der Waals surface area contributed by atoms with E-state index in [-0.39, 0.29) is 11.5 Å². The second-order valence-corrected chi connectivity index (χ2v) is 3.15. The van der Waals surface area contributed by atoms with E-state index in [1.54, 1.807) is 0 Å². The van der Waals surface area contributed by atoms with E-state index in [9.17, 15) is 18.0 Å². The van der Waals surface area contributed by atoms with E-state index >= 15 is 0 Å². The number of nitrogens with two attached hydrogens (primary N) is 1. The number of nitrogens with one attached hydrogen (secondary N) is 1. The Kier molecular flexibility index (Phi) is 2.37. The Hall–Kier alpha value is -2.32. The maximum Gasteiger partial charge on any atom is 0.433 e. The zero-order chi connectivity index (χ0) is 12.6. The summed E-state index contributed by atoms with van der Waals surface area (Å²) >= 11 is 0. The highest BCUT2D eigenvalue weighted by atomic mass is 19.4. The molecule has 0 fully saturated rings. The Balaban J connectivity index is 2.54. The van der Waals surface area contributed by atoms with Gasteiger partial charge in [0.15, 0.2) is 5.69 Å². The van der Waals surface area contributed by atoms with Gasteiger partial charge < -0.3 is 5.73 Å². The number of nitrogen functional groups attached to an aromatic ring is 1. The van der Waals surface area contributed by atoms with Gasteiger partial charge in [-0.15, -0.1) is 0 Å². The minimum atomic E-state index is -4.65. The molecule has 0 saturated heterocycles. The Morgan fingerprint density at radius 3 is 2.59 bits per heavy atom. The van der Waals surface area contributed by atoms with E-state index in [1.165, 1.54) is 6.20 Å². The lowest BCUT2D eigenvalue weighted by Gasteiger charge is -2.07. The van der Waals surface area contributed by atoms with Crippen LogP contribution in [-0.4, -0.2) is 19.7 Å². The maximum absolute atomic E-state index is 12.3. The molecule has 0 spiro atoms. The smallest absolute Gasteiger partial charge is 0.382 e. The van der Waals surface area contributed by atoms with Crippen molar-refractivity contribution in [2.24, 2.45) is 0 Å². The number of nitrogens with zero attached hydrogens (tertiary/aromatic N) is 3. The first-order valence-corrected chi connectivity index (χ1v) is 4.34. The Bertz CT molecular complexity index is 600. The third-order valence-corrected chi connectivity index (χ3v) is 2.01. The summed E-state index contributed by atoms with van der Waals surface area (Å²) in [5, 5.41) is 5.91. The second-order valence-electron chi connectivity index (χ2n) is 3.15. The third-order valence-electron chi connectivity index (χ3n) is 2.01. The van der Waals surface area contributed by atoms with Crippen LogP contribution in [0.4, 0.5) is 19.0 Å². The Labute approximate surface area is 91.9 Å². The van der Waals surface area contributed by atoms with Crippen LogP contribution >= 0.6 is 0 Å². The molecule has 2 aromatic heterocycles. The minimum absolute atomic E-state index is 0.0636. The van der Waals surface area contributed by atoms with E-state index in [0.29, 0.717) is 6.07 Å². The molecule has 3 N–H and O–H groups in total. The number of rotatable bonds is 1. The molecular weight excluding hydrogens is 239 g/mol. The number of halogens is 3. The number of aromatic amines is 1. The first-order chi connectivity index (χ1) is 7.89. The number of hydrogen-bond donors (Lipinski definition) is 2. The van der Waals surface area contributed by atoms with Crippen LogP contribution in [0.2, 0.25) is 0 Å². The summed E-state index contributed by atoms with van der Waals surface area (Å²) in [5.41, 5.74) is 3.45. The van der Waals surface area contributed by atoms with E-state index in [1.807, 2.05) is 0 Å². The van der Waals surface area contributed by atoms with Gasteiger partial charge >= 0.3 is 6.18 Å². The van der Waals surface area contributed by atoms with Gasteiger partial charge in [-0.2, -0.15) is 18.3 Å². The Morgan fingerprint density at radius 2 is 2.12 bits per heavy atom. The van der Waals surface area contributed by atoms with Crippen molar-refractivity contribution >= 4 is 5.82 Å². The molecule has 9 heteroatoms. The van der Waals surface area contributed by atoms with Crippen molar-refractivity contribution in [3.8, 4) is 5.69 Å². The fourth-order valence-corrected chi connectivity index (χ4v) is 1.22. The van der Waals surface area contributed by atoms with Gasteiger partial charge in [-0.25, -0.2) is 4.98 Å². The normalized spacial score (nSPS) is 11.7. The fraction of sp³-hybridized carbons (Fsp3) is 0.125. The largest absolute Gasteiger partial charge is 0.433 e. The van der Waals surface area contributed by atoms with Gasteiger partial charge in [-0.05, 0) is 0 Å². The highest BCUT2D eigenvalue weighted by molar-refractivity contribution is 5.50. The lowest BCUT2D eigenvalue weighted by Crippen LogP contribution is -2.22. The highest BCUT2D eigenvalue weighted by Gasteiger charge is 2.33. The predicted molar refractivity (Wildman–Crippen MR) is 51.4 cm³/mol. The van der Waals surface area contributed by atoms with E-state index in [2.05, 4.69) is 15.2 Å². The molecule has 0 amide bonds. The number of hydrogen-bond acceptors (Lipinski definition) is 4. The summed E-state index contributed by atoms with van der Waals surface area (Å²) < 4.78 is 37.7. The van der Waals surface area contributed by atoms with Crippen molar-refractivity contribution in [2.45, 2.75) is 6.18 Å². The van der Waals surface area contributed by atoms with Crippen LogP contribution in [0.1, 0.15) is 5.69 Å². The van der Waals surface area contributed by atoms with E-state index in [4.69, 9.17) is 5.73 Å². The van der Waals surface area contributed by atoms with Gasteiger partial charge in [0.25, 0.3) is 5.56 Å². The van der Waals surface area contributed by atoms with Crippen molar-refractivity contribution in [1.82, 2.24) is 19.7 Å². The number of anilines is 1. The monoisotopic (exact) mass is 245 g/mol. The maximum atomic E-state index is 12.3. The van der Waals surface area contributed by atoms with Crippen LogP contribution in [0.15, 0.2) is 23.4 Å². The van der Waals surface area contributed by atoms with Gasteiger partial charge in [-0.3, -0.25) is 14.5 Å². The first-order valence-electron chi connectivity index (χ1n) is 4.34. The van der Waals surface area contributed by atoms with Crippen LogP contribution in [-0.2, 0) is 6.18 Å². The molecule has 0 aromatic carbocycles. The molecule has 0 atom stereocenters. The molecule has 2 heterocycles. The molecule has 90 valence electrons. The summed E-state index contributed by atoms with van der Waals surface area (Å²) in [6.07, 6.45) is -2.68. The molecule has 0 saturated carbocycles. The number of H-pyrrole nitrogens is 1. The molecule has 0 aliphatic heterocycles. The third kappa shape index (κ3) is 1.98. The average molecular weight is 245 g/mol. The van der Waals surface area contributed by atoms with Gasteiger partial charge in [0, 0.05) is 6.07 Å². The lowest BCUT2D eigenvalue weighted by atomic mass is 10.4. The summed E-state index contributed by atoms with van der Waals surface area (Å²) in [5.74, 6) is 0.0636. The quantitative estimate of drug-likeness (QED) is 0.768. The van der Waals surface area contributed by atoms with Crippen LogP contribution in [0.5, 0.6) is 0 Å². The fourth-order valence-electron chi connectivity index (χ4n) is 1.22. The molecule has 17 heavy (non-hydrogen) atoms. The van der Waals surface area contributed by atoms with Crippen molar-refractivity contribution in [2.75, 3.05) is 5.73 Å². The summed E-state index contributed by atoms with van der Waals surface area (Å²) in [4.78, 5) is 14.6. The van der Waals surface area contributed by atoms with Crippen molar-refractivity contribution in [3.05, 3.63) is 34.6 Å². The van der Waals surface area contributed by atoms with Crippen molar-refractivity contribution < 1.29 is 13.2 Å². The molecule has 0 aliphatic carbocycles. The van der Waals surface area contributed by atoms with Crippen molar-refractivity contribution in [3.63, 3.8) is 0 Å². The molecule has 0 radical (unpaired) electrons.